The van der Waals surface area contributed by atoms with Gasteiger partial charge in [0, 0.05) is 13.0 Å². The smallest absolute Gasteiger partial charge is 0.330 e. The van der Waals surface area contributed by atoms with Crippen molar-refractivity contribution < 1.29 is 0 Å². The first-order chi connectivity index (χ1) is 11.2. The summed E-state index contributed by atoms with van der Waals surface area (Å²) < 4.78 is 1.54. The average Bonchev–Trinajstić information content (AvgIpc) is 2.95. The predicted octanol–water partition coefficient (Wildman–Crippen LogP) is 3.12. The summed E-state index contributed by atoms with van der Waals surface area (Å²) in [6.07, 6.45) is 10.3. The summed E-state index contributed by atoms with van der Waals surface area (Å²) in [6, 6.07) is 0. The zero-order valence-corrected chi connectivity index (χ0v) is 14.3. The van der Waals surface area contributed by atoms with Crippen LogP contribution in [-0.4, -0.2) is 19.5 Å². The van der Waals surface area contributed by atoms with Gasteiger partial charge in [0.05, 0.1) is 0 Å². The minimum Gasteiger partial charge on any atom is -0.336 e. The molecule has 2 heterocycles. The third-order valence-corrected chi connectivity index (χ3v) is 4.15. The molecule has 2 N–H and O–H groups in total. The summed E-state index contributed by atoms with van der Waals surface area (Å²) >= 11 is 0. The van der Waals surface area contributed by atoms with Crippen LogP contribution in [0.5, 0.6) is 0 Å². The molecular formula is C17H28N4O2. The van der Waals surface area contributed by atoms with Gasteiger partial charge >= 0.3 is 5.69 Å². The maximum Gasteiger partial charge on any atom is 0.330 e. The first kappa shape index (κ1) is 17.5. The SMILES string of the molecule is CCCCCCCCCc1nc2c([nH]1)c(=O)[nH]c(=O)n2CCC. The Morgan fingerprint density at radius 3 is 2.30 bits per heavy atom. The second-order valence-electron chi connectivity index (χ2n) is 6.16. The Hall–Kier alpha value is -1.85. The maximum atomic E-state index is 11.9. The highest BCUT2D eigenvalue weighted by Gasteiger charge is 2.12. The lowest BCUT2D eigenvalue weighted by Crippen LogP contribution is -2.30. The van der Waals surface area contributed by atoms with Gasteiger partial charge in [0.25, 0.3) is 5.56 Å². The van der Waals surface area contributed by atoms with E-state index in [1.807, 2.05) is 6.92 Å². The van der Waals surface area contributed by atoms with Gasteiger partial charge in [-0.1, -0.05) is 52.4 Å². The molecule has 23 heavy (non-hydrogen) atoms. The minimum absolute atomic E-state index is 0.377. The van der Waals surface area contributed by atoms with E-state index in [1.54, 1.807) is 4.57 Å². The largest absolute Gasteiger partial charge is 0.336 e. The number of aromatic amines is 2. The number of fused-ring (bicyclic) bond motifs is 1. The summed E-state index contributed by atoms with van der Waals surface area (Å²) in [6.45, 7) is 4.78. The standard InChI is InChI=1S/C17H28N4O2/c1-3-5-6-7-8-9-10-11-13-18-14-15(19-13)21(12-4-2)17(23)20-16(14)22/h3-12H2,1-2H3,(H,18,19)(H,20,22,23). The normalized spacial score (nSPS) is 11.4. The Morgan fingerprint density at radius 2 is 1.61 bits per heavy atom. The van der Waals surface area contributed by atoms with Crippen molar-refractivity contribution in [1.82, 2.24) is 19.5 Å². The Bertz CT molecular complexity index is 726. The number of nitrogens with one attached hydrogen (secondary N) is 2. The van der Waals surface area contributed by atoms with Gasteiger partial charge in [-0.3, -0.25) is 14.3 Å². The summed E-state index contributed by atoms with van der Waals surface area (Å²) in [5.74, 6) is 0.800. The number of unbranched alkanes of at least 4 members (excludes halogenated alkanes) is 6. The van der Waals surface area contributed by atoms with E-state index in [-0.39, 0.29) is 11.2 Å². The summed E-state index contributed by atoms with van der Waals surface area (Å²) in [4.78, 5) is 33.7. The van der Waals surface area contributed by atoms with Crippen LogP contribution in [-0.2, 0) is 13.0 Å². The average molecular weight is 320 g/mol. The first-order valence-corrected chi connectivity index (χ1v) is 8.89. The fraction of sp³-hybridized carbons (Fsp3) is 0.706. The zero-order valence-electron chi connectivity index (χ0n) is 14.3. The lowest BCUT2D eigenvalue weighted by atomic mass is 10.1. The number of nitrogens with zero attached hydrogens (tertiary/aromatic N) is 2. The molecular weight excluding hydrogens is 292 g/mol. The highest BCUT2D eigenvalue weighted by molar-refractivity contribution is 5.69. The number of aromatic nitrogens is 4. The molecule has 2 aromatic heterocycles. The Labute approximate surface area is 136 Å². The van der Waals surface area contributed by atoms with E-state index in [0.717, 1.165) is 25.1 Å². The molecule has 0 aliphatic rings. The second-order valence-corrected chi connectivity index (χ2v) is 6.16. The molecule has 6 heteroatoms. The minimum atomic E-state index is -0.379. The molecule has 6 nitrogen and oxygen atoms in total. The highest BCUT2D eigenvalue weighted by Crippen LogP contribution is 2.11. The molecule has 2 aromatic rings. The van der Waals surface area contributed by atoms with E-state index in [0.29, 0.717) is 17.7 Å². The van der Waals surface area contributed by atoms with Gasteiger partial charge in [-0.05, 0) is 12.8 Å². The van der Waals surface area contributed by atoms with E-state index in [4.69, 9.17) is 0 Å². The molecule has 0 atom stereocenters. The molecule has 0 unspecified atom stereocenters. The van der Waals surface area contributed by atoms with E-state index in [2.05, 4.69) is 21.9 Å². The fourth-order valence-electron chi connectivity index (χ4n) is 2.89. The Kier molecular flexibility index (Phi) is 6.62. The van der Waals surface area contributed by atoms with Crippen LogP contribution in [0, 0.1) is 0 Å². The Balaban J connectivity index is 2.00. The monoisotopic (exact) mass is 320 g/mol. The van der Waals surface area contributed by atoms with Crippen LogP contribution in [0.4, 0.5) is 0 Å². The van der Waals surface area contributed by atoms with Crippen LogP contribution in [0.3, 0.4) is 0 Å². The van der Waals surface area contributed by atoms with Crippen molar-refractivity contribution in [2.24, 2.45) is 0 Å². The van der Waals surface area contributed by atoms with Crippen molar-refractivity contribution in [3.63, 3.8) is 0 Å². The summed E-state index contributed by atoms with van der Waals surface area (Å²) in [5.41, 5.74) is 0.142. The molecule has 2 rings (SSSR count). The van der Waals surface area contributed by atoms with Crippen LogP contribution in [0.25, 0.3) is 11.2 Å². The molecule has 0 fully saturated rings. The van der Waals surface area contributed by atoms with Crippen LogP contribution < -0.4 is 11.2 Å². The van der Waals surface area contributed by atoms with Crippen molar-refractivity contribution in [2.45, 2.75) is 78.2 Å². The van der Waals surface area contributed by atoms with Gasteiger partial charge in [-0.2, -0.15) is 0 Å². The van der Waals surface area contributed by atoms with Crippen molar-refractivity contribution in [3.05, 3.63) is 26.7 Å². The molecule has 0 saturated heterocycles. The number of H-pyrrole nitrogens is 2. The molecule has 0 spiro atoms. The van der Waals surface area contributed by atoms with Crippen LogP contribution in [0.2, 0.25) is 0 Å². The van der Waals surface area contributed by atoms with E-state index < -0.39 is 0 Å². The van der Waals surface area contributed by atoms with E-state index in [9.17, 15) is 9.59 Å². The van der Waals surface area contributed by atoms with E-state index in [1.165, 1.54) is 38.5 Å². The van der Waals surface area contributed by atoms with Gasteiger partial charge in [0.15, 0.2) is 5.65 Å². The lowest BCUT2D eigenvalue weighted by Gasteiger charge is -2.02. The third-order valence-electron chi connectivity index (χ3n) is 4.15. The summed E-state index contributed by atoms with van der Waals surface area (Å²) in [7, 11) is 0. The number of imidazole rings is 1. The molecule has 0 bridgehead atoms. The number of aryl methyl sites for hydroxylation is 2. The van der Waals surface area contributed by atoms with Crippen molar-refractivity contribution >= 4 is 11.2 Å². The topological polar surface area (TPSA) is 83.5 Å². The first-order valence-electron chi connectivity index (χ1n) is 8.89. The maximum absolute atomic E-state index is 11.9. The summed E-state index contributed by atoms with van der Waals surface area (Å²) in [5, 5.41) is 0. The van der Waals surface area contributed by atoms with Crippen LogP contribution in [0.1, 0.15) is 71.0 Å². The van der Waals surface area contributed by atoms with Crippen molar-refractivity contribution in [3.8, 4) is 0 Å². The predicted molar refractivity (Wildman–Crippen MR) is 93.0 cm³/mol. The molecule has 0 aliphatic heterocycles. The van der Waals surface area contributed by atoms with Gasteiger partial charge in [0.2, 0.25) is 0 Å². The zero-order chi connectivity index (χ0) is 16.7. The molecule has 0 amide bonds. The van der Waals surface area contributed by atoms with Crippen LogP contribution >= 0.6 is 0 Å². The van der Waals surface area contributed by atoms with Gasteiger partial charge in [-0.25, -0.2) is 9.78 Å². The van der Waals surface area contributed by atoms with Gasteiger partial charge in [0.1, 0.15) is 11.3 Å². The highest BCUT2D eigenvalue weighted by atomic mass is 16.2. The third kappa shape index (κ3) is 4.56. The lowest BCUT2D eigenvalue weighted by molar-refractivity contribution is 0.585. The Morgan fingerprint density at radius 1 is 0.913 bits per heavy atom. The van der Waals surface area contributed by atoms with Gasteiger partial charge < -0.3 is 4.98 Å². The number of rotatable bonds is 10. The molecule has 0 radical (unpaired) electrons. The fourth-order valence-corrected chi connectivity index (χ4v) is 2.89. The van der Waals surface area contributed by atoms with Crippen molar-refractivity contribution in [1.29, 1.82) is 0 Å². The molecule has 0 aliphatic carbocycles. The second kappa shape index (κ2) is 8.70. The van der Waals surface area contributed by atoms with E-state index >= 15 is 0 Å². The quantitative estimate of drug-likeness (QED) is 0.660. The number of hydrogen-bond donors (Lipinski definition) is 2. The number of hydrogen-bond acceptors (Lipinski definition) is 3. The molecule has 0 aromatic carbocycles. The van der Waals surface area contributed by atoms with Crippen LogP contribution in [0.15, 0.2) is 9.59 Å². The molecule has 0 saturated carbocycles. The van der Waals surface area contributed by atoms with Crippen molar-refractivity contribution in [2.75, 3.05) is 0 Å². The van der Waals surface area contributed by atoms with Gasteiger partial charge in [-0.15, -0.1) is 0 Å². The molecule has 128 valence electrons.